The molecule has 0 saturated carbocycles. The summed E-state index contributed by atoms with van der Waals surface area (Å²) in [5.74, 6) is 3.96. The number of aryl methyl sites for hydroxylation is 2. The lowest BCUT2D eigenvalue weighted by atomic mass is 9.96. The molecule has 0 amide bonds. The Morgan fingerprint density at radius 2 is 1.72 bits per heavy atom. The van der Waals surface area contributed by atoms with Crippen LogP contribution in [0.25, 0.3) is 0 Å². The van der Waals surface area contributed by atoms with E-state index in [0.29, 0.717) is 6.61 Å². The van der Waals surface area contributed by atoms with E-state index < -0.39 is 5.60 Å². The molecule has 1 unspecified atom stereocenters. The van der Waals surface area contributed by atoms with Crippen molar-refractivity contribution >= 4 is 0 Å². The van der Waals surface area contributed by atoms with Gasteiger partial charge in [0.2, 0.25) is 0 Å². The number of aromatic nitrogens is 6. The third-order valence-corrected chi connectivity index (χ3v) is 5.96. The van der Waals surface area contributed by atoms with E-state index in [1.165, 1.54) is 0 Å². The molecule has 4 heterocycles. The molecule has 8 heteroatoms. The molecule has 0 N–H and O–H groups in total. The third-order valence-electron chi connectivity index (χ3n) is 5.96. The van der Waals surface area contributed by atoms with Gasteiger partial charge in [0.1, 0.15) is 17.2 Å². The lowest BCUT2D eigenvalue weighted by Gasteiger charge is -2.39. The first-order valence-corrected chi connectivity index (χ1v) is 9.01. The van der Waals surface area contributed by atoms with E-state index in [-0.39, 0.29) is 5.54 Å². The first-order valence-electron chi connectivity index (χ1n) is 9.01. The minimum absolute atomic E-state index is 0.0912. The second-order valence-electron chi connectivity index (χ2n) is 7.87. The Bertz CT molecular complexity index is 793. The van der Waals surface area contributed by atoms with Gasteiger partial charge in [0.25, 0.3) is 0 Å². The molecular weight excluding hydrogens is 318 g/mol. The number of likely N-dealkylation sites (N-methyl/N-ethyl adjacent to an activating group) is 1. The van der Waals surface area contributed by atoms with E-state index in [1.54, 1.807) is 0 Å². The van der Waals surface area contributed by atoms with Crippen molar-refractivity contribution in [3.05, 3.63) is 23.3 Å². The number of hydrogen-bond acceptors (Lipinski definition) is 6. The van der Waals surface area contributed by atoms with Gasteiger partial charge in [-0.2, -0.15) is 0 Å². The molecule has 0 aliphatic carbocycles. The highest BCUT2D eigenvalue weighted by molar-refractivity contribution is 5.12. The molecule has 1 atom stereocenters. The molecule has 2 aromatic rings. The zero-order valence-electron chi connectivity index (χ0n) is 15.8. The maximum absolute atomic E-state index is 6.12. The van der Waals surface area contributed by atoms with Gasteiger partial charge in [-0.3, -0.25) is 4.90 Å². The largest absolute Gasteiger partial charge is 0.365 e. The number of nitrogens with zero attached hydrogens (tertiary/aromatic N) is 7. The Balaban J connectivity index is 1.58. The van der Waals surface area contributed by atoms with Gasteiger partial charge in [-0.05, 0) is 41.2 Å². The fourth-order valence-corrected chi connectivity index (χ4v) is 3.91. The van der Waals surface area contributed by atoms with Crippen LogP contribution < -0.4 is 0 Å². The summed E-state index contributed by atoms with van der Waals surface area (Å²) in [6.45, 7) is 12.0. The lowest BCUT2D eigenvalue weighted by Crippen LogP contribution is -2.47. The summed E-state index contributed by atoms with van der Waals surface area (Å²) in [5, 5.41) is 17.6. The molecule has 8 nitrogen and oxygen atoms in total. The van der Waals surface area contributed by atoms with Gasteiger partial charge in [0.05, 0.1) is 12.1 Å². The van der Waals surface area contributed by atoms with Crippen LogP contribution in [0.2, 0.25) is 0 Å². The fraction of sp³-hybridized carbons (Fsp3) is 0.765. The van der Waals surface area contributed by atoms with E-state index in [9.17, 15) is 0 Å². The third kappa shape index (κ3) is 2.50. The summed E-state index contributed by atoms with van der Waals surface area (Å²) in [6, 6.07) is 0. The molecule has 2 aliphatic rings. The van der Waals surface area contributed by atoms with E-state index in [0.717, 1.165) is 55.8 Å². The first kappa shape index (κ1) is 16.7. The second kappa shape index (κ2) is 5.60. The maximum atomic E-state index is 6.12. The van der Waals surface area contributed by atoms with Crippen LogP contribution in [0.5, 0.6) is 0 Å². The van der Waals surface area contributed by atoms with Crippen molar-refractivity contribution in [1.82, 2.24) is 34.4 Å². The molecule has 2 aliphatic heterocycles. The van der Waals surface area contributed by atoms with Gasteiger partial charge in [0, 0.05) is 26.1 Å². The van der Waals surface area contributed by atoms with Crippen LogP contribution in [0.1, 0.15) is 50.5 Å². The first-order chi connectivity index (χ1) is 11.8. The quantitative estimate of drug-likeness (QED) is 0.833. The second-order valence-corrected chi connectivity index (χ2v) is 7.87. The normalized spacial score (nSPS) is 25.6. The topological polar surface area (TPSA) is 73.9 Å². The highest BCUT2D eigenvalue weighted by atomic mass is 16.5. The van der Waals surface area contributed by atoms with Gasteiger partial charge in [0.15, 0.2) is 11.6 Å². The van der Waals surface area contributed by atoms with Crippen LogP contribution in [0.4, 0.5) is 0 Å². The smallest absolute Gasteiger partial charge is 0.165 e. The van der Waals surface area contributed by atoms with Crippen molar-refractivity contribution in [3.8, 4) is 0 Å². The van der Waals surface area contributed by atoms with Crippen LogP contribution in [-0.2, 0) is 35.4 Å². The minimum Gasteiger partial charge on any atom is -0.365 e. The zero-order valence-corrected chi connectivity index (χ0v) is 15.8. The van der Waals surface area contributed by atoms with Gasteiger partial charge in [-0.25, -0.2) is 0 Å². The number of hydrogen-bond donors (Lipinski definition) is 0. The van der Waals surface area contributed by atoms with Crippen molar-refractivity contribution in [2.45, 2.75) is 64.8 Å². The summed E-state index contributed by atoms with van der Waals surface area (Å²) < 4.78 is 10.6. The lowest BCUT2D eigenvalue weighted by molar-refractivity contribution is -0.0740. The Kier molecular flexibility index (Phi) is 3.73. The van der Waals surface area contributed by atoms with Crippen LogP contribution >= 0.6 is 0 Å². The molecule has 0 bridgehead atoms. The van der Waals surface area contributed by atoms with Gasteiger partial charge in [-0.1, -0.05) is 0 Å². The summed E-state index contributed by atoms with van der Waals surface area (Å²) in [4.78, 5) is 2.33. The monoisotopic (exact) mass is 345 g/mol. The summed E-state index contributed by atoms with van der Waals surface area (Å²) in [5.41, 5.74) is -0.515. The van der Waals surface area contributed by atoms with Gasteiger partial charge >= 0.3 is 0 Å². The molecule has 2 aromatic heterocycles. The standard InChI is InChI=1S/C17H27N7O/c1-12-18-21-15-17(4,25-11-10-23(12)15)7-6-13-19-20-14-16(2,3)22(5)8-9-24(13)14/h6-11H2,1-5H3. The fourth-order valence-electron chi connectivity index (χ4n) is 3.91. The Morgan fingerprint density at radius 3 is 2.52 bits per heavy atom. The highest BCUT2D eigenvalue weighted by Crippen LogP contribution is 2.34. The molecule has 0 fully saturated rings. The minimum atomic E-state index is -0.424. The Labute approximate surface area is 148 Å². The van der Waals surface area contributed by atoms with Crippen molar-refractivity contribution < 1.29 is 4.74 Å². The van der Waals surface area contributed by atoms with Gasteiger partial charge < -0.3 is 13.9 Å². The molecule has 0 radical (unpaired) electrons. The van der Waals surface area contributed by atoms with E-state index in [4.69, 9.17) is 4.74 Å². The summed E-state index contributed by atoms with van der Waals surface area (Å²) in [6.07, 6.45) is 1.63. The van der Waals surface area contributed by atoms with E-state index in [2.05, 4.69) is 62.2 Å². The van der Waals surface area contributed by atoms with Crippen LogP contribution in [-0.4, -0.2) is 54.6 Å². The predicted molar refractivity (Wildman–Crippen MR) is 92.1 cm³/mol. The van der Waals surface area contributed by atoms with Crippen molar-refractivity contribution in [2.24, 2.45) is 0 Å². The van der Waals surface area contributed by atoms with Crippen molar-refractivity contribution in [1.29, 1.82) is 0 Å². The maximum Gasteiger partial charge on any atom is 0.165 e. The van der Waals surface area contributed by atoms with Crippen LogP contribution in [0, 0.1) is 6.92 Å². The number of rotatable bonds is 3. The van der Waals surface area contributed by atoms with E-state index in [1.807, 2.05) is 6.92 Å². The molecule has 136 valence electrons. The molecule has 0 saturated heterocycles. The summed E-state index contributed by atoms with van der Waals surface area (Å²) in [7, 11) is 2.14. The van der Waals surface area contributed by atoms with Gasteiger partial charge in [-0.15, -0.1) is 20.4 Å². The Hall–Kier alpha value is -1.80. The molecule has 0 aromatic carbocycles. The summed E-state index contributed by atoms with van der Waals surface area (Å²) >= 11 is 0. The van der Waals surface area contributed by atoms with E-state index >= 15 is 0 Å². The van der Waals surface area contributed by atoms with Crippen molar-refractivity contribution in [2.75, 3.05) is 20.2 Å². The zero-order chi connectivity index (χ0) is 17.8. The molecule has 25 heavy (non-hydrogen) atoms. The predicted octanol–water partition coefficient (Wildman–Crippen LogP) is 1.24. The number of ether oxygens (including phenoxy) is 1. The molecule has 4 rings (SSSR count). The molecule has 0 spiro atoms. The molecular formula is C17H27N7O. The number of fused-ring (bicyclic) bond motifs is 2. The van der Waals surface area contributed by atoms with Crippen molar-refractivity contribution in [3.63, 3.8) is 0 Å². The SMILES string of the molecule is Cc1nnc2n1CCOC2(C)CCc1nnc2n1CCN(C)C2(C)C. The Morgan fingerprint density at radius 1 is 0.960 bits per heavy atom. The average molecular weight is 345 g/mol. The van der Waals surface area contributed by atoms with Crippen LogP contribution in [0.3, 0.4) is 0 Å². The average Bonchev–Trinajstić information content (AvgIpc) is 3.15. The van der Waals surface area contributed by atoms with Crippen LogP contribution in [0.15, 0.2) is 0 Å². The highest BCUT2D eigenvalue weighted by Gasteiger charge is 2.39.